The number of carbonyl (C=O) groups excluding carboxylic acids is 3. The van der Waals surface area contributed by atoms with Crippen LogP contribution >= 0.6 is 0 Å². The Labute approximate surface area is 158 Å². The van der Waals surface area contributed by atoms with Crippen LogP contribution in [0.3, 0.4) is 0 Å². The van der Waals surface area contributed by atoms with Gasteiger partial charge in [-0.1, -0.05) is 30.7 Å². The van der Waals surface area contributed by atoms with Crippen molar-refractivity contribution in [2.45, 2.75) is 45.7 Å². The number of amides is 3. The van der Waals surface area contributed by atoms with Crippen molar-refractivity contribution in [1.82, 2.24) is 9.88 Å². The van der Waals surface area contributed by atoms with Crippen molar-refractivity contribution in [3.63, 3.8) is 0 Å². The number of imide groups is 1. The first-order valence-electron chi connectivity index (χ1n) is 9.13. The molecule has 1 saturated heterocycles. The predicted octanol–water partition coefficient (Wildman–Crippen LogP) is 2.85. The highest BCUT2D eigenvalue weighted by molar-refractivity contribution is 6.23. The highest BCUT2D eigenvalue weighted by atomic mass is 16.2. The SMILES string of the molecule is CCCC(=O)N(Cc1cccnc1)C1CC(=O)N(c2ccc(C)cc2)C1=O. The molecule has 1 aromatic heterocycles. The smallest absolute Gasteiger partial charge is 0.257 e. The van der Waals surface area contributed by atoms with E-state index in [1.807, 2.05) is 32.0 Å². The van der Waals surface area contributed by atoms with Gasteiger partial charge in [-0.3, -0.25) is 19.4 Å². The molecule has 140 valence electrons. The van der Waals surface area contributed by atoms with E-state index in [2.05, 4.69) is 4.98 Å². The number of aryl methyl sites for hydroxylation is 1. The number of hydrogen-bond acceptors (Lipinski definition) is 4. The second-order valence-corrected chi connectivity index (χ2v) is 6.76. The van der Waals surface area contributed by atoms with Crippen molar-refractivity contribution in [1.29, 1.82) is 0 Å². The lowest BCUT2D eigenvalue weighted by atomic mass is 10.1. The van der Waals surface area contributed by atoms with Crippen LogP contribution in [0.25, 0.3) is 0 Å². The van der Waals surface area contributed by atoms with Gasteiger partial charge in [-0.25, -0.2) is 4.90 Å². The summed E-state index contributed by atoms with van der Waals surface area (Å²) in [6.07, 6.45) is 4.35. The topological polar surface area (TPSA) is 70.6 Å². The van der Waals surface area contributed by atoms with Crippen LogP contribution in [0.2, 0.25) is 0 Å². The fourth-order valence-electron chi connectivity index (χ4n) is 3.24. The molecular formula is C21H23N3O3. The summed E-state index contributed by atoms with van der Waals surface area (Å²) in [5.74, 6) is -0.759. The van der Waals surface area contributed by atoms with E-state index in [4.69, 9.17) is 0 Å². The number of nitrogens with zero attached hydrogens (tertiary/aromatic N) is 3. The first kappa shape index (κ1) is 18.8. The molecule has 1 aromatic carbocycles. The molecule has 0 bridgehead atoms. The fraction of sp³-hybridized carbons (Fsp3) is 0.333. The van der Waals surface area contributed by atoms with Crippen molar-refractivity contribution in [3.05, 3.63) is 59.9 Å². The van der Waals surface area contributed by atoms with Crippen LogP contribution in [0.4, 0.5) is 5.69 Å². The second kappa shape index (κ2) is 8.12. The Hall–Kier alpha value is -3.02. The minimum atomic E-state index is -0.780. The molecule has 1 atom stereocenters. The zero-order chi connectivity index (χ0) is 19.4. The Morgan fingerprint density at radius 2 is 1.96 bits per heavy atom. The molecule has 0 N–H and O–H groups in total. The summed E-state index contributed by atoms with van der Waals surface area (Å²) in [7, 11) is 0. The van der Waals surface area contributed by atoms with Crippen molar-refractivity contribution in [2.24, 2.45) is 0 Å². The van der Waals surface area contributed by atoms with Crippen LogP contribution < -0.4 is 4.90 Å². The number of carbonyl (C=O) groups is 3. The van der Waals surface area contributed by atoms with Crippen molar-refractivity contribution < 1.29 is 14.4 Å². The Balaban J connectivity index is 1.88. The molecule has 27 heavy (non-hydrogen) atoms. The molecule has 0 saturated carbocycles. The highest BCUT2D eigenvalue weighted by Crippen LogP contribution is 2.27. The standard InChI is InChI=1S/C21H23N3O3/c1-3-5-19(25)23(14-16-6-4-11-22-13-16)18-12-20(26)24(21(18)27)17-9-7-15(2)8-10-17/h4,6-11,13,18H,3,5,12,14H2,1-2H3. The maximum atomic E-state index is 13.0. The molecule has 1 fully saturated rings. The molecule has 1 unspecified atom stereocenters. The van der Waals surface area contributed by atoms with Gasteiger partial charge >= 0.3 is 0 Å². The summed E-state index contributed by atoms with van der Waals surface area (Å²) in [6.45, 7) is 4.12. The van der Waals surface area contributed by atoms with Crippen molar-refractivity contribution in [2.75, 3.05) is 4.90 Å². The van der Waals surface area contributed by atoms with Gasteiger partial charge < -0.3 is 4.90 Å². The summed E-state index contributed by atoms with van der Waals surface area (Å²) < 4.78 is 0. The van der Waals surface area contributed by atoms with Crippen LogP contribution in [-0.4, -0.2) is 33.6 Å². The molecule has 2 aromatic rings. The molecule has 0 spiro atoms. The lowest BCUT2D eigenvalue weighted by molar-refractivity contribution is -0.139. The molecule has 1 aliphatic rings. The summed E-state index contributed by atoms with van der Waals surface area (Å²) in [5, 5.41) is 0. The quantitative estimate of drug-likeness (QED) is 0.738. The minimum absolute atomic E-state index is 0.00241. The molecule has 6 heteroatoms. The second-order valence-electron chi connectivity index (χ2n) is 6.76. The van der Waals surface area contributed by atoms with E-state index in [0.717, 1.165) is 11.1 Å². The summed E-state index contributed by atoms with van der Waals surface area (Å²) >= 11 is 0. The average molecular weight is 365 g/mol. The number of pyridine rings is 1. The van der Waals surface area contributed by atoms with Crippen LogP contribution in [0.1, 0.15) is 37.3 Å². The molecule has 6 nitrogen and oxygen atoms in total. The van der Waals surface area contributed by atoms with Gasteiger partial charge in [-0.15, -0.1) is 0 Å². The van der Waals surface area contributed by atoms with E-state index in [1.54, 1.807) is 30.6 Å². The maximum absolute atomic E-state index is 13.0. The van der Waals surface area contributed by atoms with Crippen molar-refractivity contribution in [3.8, 4) is 0 Å². The lowest BCUT2D eigenvalue weighted by Crippen LogP contribution is -2.45. The van der Waals surface area contributed by atoms with Crippen LogP contribution in [0.5, 0.6) is 0 Å². The molecule has 2 heterocycles. The van der Waals surface area contributed by atoms with Gasteiger partial charge in [0.1, 0.15) is 6.04 Å². The van der Waals surface area contributed by atoms with Gasteiger partial charge in [0.25, 0.3) is 5.91 Å². The zero-order valence-corrected chi connectivity index (χ0v) is 15.6. The van der Waals surface area contributed by atoms with E-state index < -0.39 is 6.04 Å². The number of hydrogen-bond donors (Lipinski definition) is 0. The van der Waals surface area contributed by atoms with Gasteiger partial charge in [0.15, 0.2) is 0 Å². The number of benzene rings is 1. The first-order valence-corrected chi connectivity index (χ1v) is 9.13. The van der Waals surface area contributed by atoms with E-state index in [0.29, 0.717) is 18.5 Å². The van der Waals surface area contributed by atoms with Gasteiger partial charge in [0.05, 0.1) is 12.1 Å². The third kappa shape index (κ3) is 4.05. The average Bonchev–Trinajstić information content (AvgIpc) is 2.96. The van der Waals surface area contributed by atoms with Gasteiger partial charge in [0.2, 0.25) is 11.8 Å². The maximum Gasteiger partial charge on any atom is 0.257 e. The minimum Gasteiger partial charge on any atom is -0.326 e. The van der Waals surface area contributed by atoms with Gasteiger partial charge in [-0.2, -0.15) is 0 Å². The van der Waals surface area contributed by atoms with E-state index in [-0.39, 0.29) is 30.7 Å². The monoisotopic (exact) mass is 365 g/mol. The lowest BCUT2D eigenvalue weighted by Gasteiger charge is -2.27. The van der Waals surface area contributed by atoms with Crippen molar-refractivity contribution >= 4 is 23.4 Å². The van der Waals surface area contributed by atoms with Gasteiger partial charge in [-0.05, 0) is 37.1 Å². The Bertz CT molecular complexity index is 834. The number of rotatable bonds is 6. The molecule has 3 rings (SSSR count). The molecule has 1 aliphatic heterocycles. The molecular weight excluding hydrogens is 342 g/mol. The van der Waals surface area contributed by atoms with E-state index >= 15 is 0 Å². The van der Waals surface area contributed by atoms with Crippen LogP contribution in [0.15, 0.2) is 48.8 Å². The summed E-state index contributed by atoms with van der Waals surface area (Å²) in [5.41, 5.74) is 2.42. The molecule has 3 amide bonds. The predicted molar refractivity (Wildman–Crippen MR) is 102 cm³/mol. The Morgan fingerprint density at radius 1 is 1.22 bits per heavy atom. The summed E-state index contributed by atoms with van der Waals surface area (Å²) in [4.78, 5) is 45.1. The largest absolute Gasteiger partial charge is 0.326 e. The van der Waals surface area contributed by atoms with E-state index in [9.17, 15) is 14.4 Å². The normalized spacial score (nSPS) is 16.7. The fourth-order valence-corrected chi connectivity index (χ4v) is 3.24. The third-order valence-corrected chi connectivity index (χ3v) is 4.65. The zero-order valence-electron chi connectivity index (χ0n) is 15.6. The Morgan fingerprint density at radius 3 is 2.59 bits per heavy atom. The number of anilines is 1. The Kier molecular flexibility index (Phi) is 5.64. The molecule has 0 aliphatic carbocycles. The van der Waals surface area contributed by atoms with Gasteiger partial charge in [0, 0.05) is 25.4 Å². The number of aromatic nitrogens is 1. The first-order chi connectivity index (χ1) is 13.0. The third-order valence-electron chi connectivity index (χ3n) is 4.65. The van der Waals surface area contributed by atoms with Crippen LogP contribution in [-0.2, 0) is 20.9 Å². The summed E-state index contributed by atoms with van der Waals surface area (Å²) in [6, 6.07) is 10.1. The van der Waals surface area contributed by atoms with Crippen LogP contribution in [0, 0.1) is 6.92 Å². The van der Waals surface area contributed by atoms with E-state index in [1.165, 1.54) is 9.80 Å². The molecule has 0 radical (unpaired) electrons. The highest BCUT2D eigenvalue weighted by Gasteiger charge is 2.44.